The van der Waals surface area contributed by atoms with Gasteiger partial charge >= 0.3 is 5.69 Å². The predicted octanol–water partition coefficient (Wildman–Crippen LogP) is 4.57. The van der Waals surface area contributed by atoms with Crippen LogP contribution < -0.4 is 16.6 Å². The van der Waals surface area contributed by atoms with Crippen molar-refractivity contribution in [1.82, 2.24) is 33.9 Å². The van der Waals surface area contributed by atoms with Gasteiger partial charge in [0.2, 0.25) is 0 Å². The molecule has 0 unspecified atom stereocenters. The Bertz CT molecular complexity index is 2120. The van der Waals surface area contributed by atoms with E-state index in [1.807, 2.05) is 48.0 Å². The molecule has 248 valence electrons. The maximum absolute atomic E-state index is 14.5. The molecule has 3 aromatic heterocycles. The molecule has 1 fully saturated rings. The van der Waals surface area contributed by atoms with E-state index in [1.165, 1.54) is 9.13 Å². The summed E-state index contributed by atoms with van der Waals surface area (Å²) in [5, 5.41) is 13.8. The van der Waals surface area contributed by atoms with Crippen molar-refractivity contribution in [3.63, 3.8) is 0 Å². The lowest BCUT2D eigenvalue weighted by Gasteiger charge is -2.30. The van der Waals surface area contributed by atoms with E-state index in [-0.39, 0.29) is 28.7 Å². The van der Waals surface area contributed by atoms with Crippen molar-refractivity contribution in [2.75, 3.05) is 14.1 Å². The molecule has 2 aromatic carbocycles. The number of nitrogens with one attached hydrogen (secondary N) is 1. The molecule has 1 saturated carbocycles. The smallest absolute Gasteiger partial charge is 0.337 e. The second kappa shape index (κ2) is 12.8. The van der Waals surface area contributed by atoms with Crippen LogP contribution in [0.4, 0.5) is 4.39 Å². The Balaban J connectivity index is 1.21. The number of aromatic nitrogens is 5. The second-order valence-corrected chi connectivity index (χ2v) is 13.1. The van der Waals surface area contributed by atoms with Crippen LogP contribution >= 0.6 is 0 Å². The van der Waals surface area contributed by atoms with Crippen molar-refractivity contribution in [3.8, 4) is 22.6 Å². The zero-order valence-electron chi connectivity index (χ0n) is 27.0. The van der Waals surface area contributed by atoms with E-state index in [2.05, 4.69) is 15.3 Å². The lowest BCUT2D eigenvalue weighted by atomic mass is 9.90. The van der Waals surface area contributed by atoms with Crippen LogP contribution in [0.25, 0.3) is 27.8 Å². The van der Waals surface area contributed by atoms with Crippen molar-refractivity contribution in [1.29, 1.82) is 0 Å². The summed E-state index contributed by atoms with van der Waals surface area (Å²) < 4.78 is 19.1. The minimum absolute atomic E-state index is 0.00447. The van der Waals surface area contributed by atoms with Gasteiger partial charge in [-0.2, -0.15) is 0 Å². The highest BCUT2D eigenvalue weighted by molar-refractivity contribution is 5.92. The number of halogens is 1. The van der Waals surface area contributed by atoms with Gasteiger partial charge in [0.25, 0.3) is 11.5 Å². The van der Waals surface area contributed by atoms with E-state index < -0.39 is 23.1 Å². The number of fused-ring (bicyclic) bond motifs is 2. The number of phenols is 1. The maximum atomic E-state index is 14.5. The highest BCUT2D eigenvalue weighted by Gasteiger charge is 2.29. The lowest BCUT2D eigenvalue weighted by molar-refractivity contribution is 0.0917. The topological polar surface area (TPSA) is 127 Å². The van der Waals surface area contributed by atoms with Gasteiger partial charge in [0, 0.05) is 43.4 Å². The second-order valence-electron chi connectivity index (χ2n) is 13.1. The van der Waals surface area contributed by atoms with Crippen LogP contribution in [0, 0.1) is 5.82 Å². The molecule has 12 heteroatoms. The molecule has 1 aliphatic carbocycles. The minimum atomic E-state index is -0.675. The fraction of sp³-hybridized carbons (Fsp3) is 0.361. The normalized spacial score (nSPS) is 17.8. The number of hydrogen-bond acceptors (Lipinski definition) is 7. The number of pyridine rings is 1. The monoisotopic (exact) mass is 651 g/mol. The highest BCUT2D eigenvalue weighted by Crippen LogP contribution is 2.33. The number of amides is 1. The number of carbonyl (C=O) groups excluding carboxylic acids is 1. The van der Waals surface area contributed by atoms with Crippen LogP contribution in [0.5, 0.6) is 5.75 Å². The molecule has 0 atom stereocenters. The summed E-state index contributed by atoms with van der Waals surface area (Å²) in [5.41, 5.74) is 2.07. The molecule has 0 bridgehead atoms. The number of hydrogen-bond donors (Lipinski definition) is 2. The third kappa shape index (κ3) is 5.92. The highest BCUT2D eigenvalue weighted by atomic mass is 19.1. The zero-order valence-corrected chi connectivity index (χ0v) is 27.0. The number of aryl methyl sites for hydroxylation is 2. The molecule has 4 heterocycles. The molecule has 1 amide bonds. The van der Waals surface area contributed by atoms with Crippen LogP contribution in [-0.4, -0.2) is 59.7 Å². The summed E-state index contributed by atoms with van der Waals surface area (Å²) in [6.45, 7) is 1.37. The third-order valence-corrected chi connectivity index (χ3v) is 9.47. The van der Waals surface area contributed by atoms with Gasteiger partial charge in [0.05, 0.1) is 17.3 Å². The van der Waals surface area contributed by atoms with Crippen LogP contribution in [0.15, 0.2) is 70.5 Å². The lowest BCUT2D eigenvalue weighted by Crippen LogP contribution is -2.45. The SMILES string of the molecule is CN(C)Cc1c(O)cccc1-c1cccc(-n2c(=O)n(C3CCC(NC(=O)c4cn5c(n4)CCCC5)CC3)c(=O)c3cc(F)cnc32)c1. The Labute approximate surface area is 276 Å². The fourth-order valence-electron chi connectivity index (χ4n) is 7.14. The molecule has 0 saturated heterocycles. The summed E-state index contributed by atoms with van der Waals surface area (Å²) in [6.07, 6.45) is 7.92. The third-order valence-electron chi connectivity index (χ3n) is 9.47. The molecular formula is C36H38FN7O4. The van der Waals surface area contributed by atoms with E-state index >= 15 is 0 Å². The number of imidazole rings is 1. The molecule has 2 aliphatic rings. The molecular weight excluding hydrogens is 613 g/mol. The Morgan fingerprint density at radius 1 is 1.06 bits per heavy atom. The van der Waals surface area contributed by atoms with Gasteiger partial charge in [-0.15, -0.1) is 0 Å². The van der Waals surface area contributed by atoms with E-state index in [1.54, 1.807) is 24.3 Å². The number of nitrogens with zero attached hydrogens (tertiary/aromatic N) is 6. The van der Waals surface area contributed by atoms with Crippen molar-refractivity contribution in [3.05, 3.63) is 105 Å². The molecule has 1 aliphatic heterocycles. The van der Waals surface area contributed by atoms with Crippen molar-refractivity contribution in [2.24, 2.45) is 0 Å². The van der Waals surface area contributed by atoms with Crippen LogP contribution in [0.1, 0.15) is 66.4 Å². The summed E-state index contributed by atoms with van der Waals surface area (Å²) in [6, 6.07) is 13.1. The average molecular weight is 652 g/mol. The minimum Gasteiger partial charge on any atom is -0.508 e. The van der Waals surface area contributed by atoms with E-state index in [0.29, 0.717) is 43.6 Å². The van der Waals surface area contributed by atoms with Gasteiger partial charge in [-0.3, -0.25) is 14.2 Å². The van der Waals surface area contributed by atoms with Crippen molar-refractivity contribution in [2.45, 2.75) is 70.1 Å². The average Bonchev–Trinajstić information content (AvgIpc) is 3.52. The van der Waals surface area contributed by atoms with E-state index in [0.717, 1.165) is 60.6 Å². The number of phenolic OH excluding ortho intramolecular Hbond substituents is 1. The number of aromatic hydroxyl groups is 1. The Morgan fingerprint density at radius 2 is 1.85 bits per heavy atom. The number of rotatable bonds is 7. The zero-order chi connectivity index (χ0) is 33.5. The summed E-state index contributed by atoms with van der Waals surface area (Å²) in [7, 11) is 3.83. The molecule has 7 rings (SSSR count). The number of carbonyl (C=O) groups is 1. The van der Waals surface area contributed by atoms with Crippen LogP contribution in [0.2, 0.25) is 0 Å². The van der Waals surface area contributed by atoms with Gasteiger partial charge in [-0.05, 0) is 88.0 Å². The van der Waals surface area contributed by atoms with Crippen molar-refractivity contribution < 1.29 is 14.3 Å². The van der Waals surface area contributed by atoms with Gasteiger partial charge in [-0.1, -0.05) is 24.3 Å². The first kappa shape index (κ1) is 31.5. The summed E-state index contributed by atoms with van der Waals surface area (Å²) in [4.78, 5) is 51.9. The van der Waals surface area contributed by atoms with Gasteiger partial charge in [-0.25, -0.2) is 23.7 Å². The fourth-order valence-corrected chi connectivity index (χ4v) is 7.14. The molecule has 48 heavy (non-hydrogen) atoms. The van der Waals surface area contributed by atoms with Gasteiger partial charge < -0.3 is 19.9 Å². The van der Waals surface area contributed by atoms with Gasteiger partial charge in [0.1, 0.15) is 23.1 Å². The molecule has 11 nitrogen and oxygen atoms in total. The molecule has 2 N–H and O–H groups in total. The van der Waals surface area contributed by atoms with E-state index in [9.17, 15) is 23.9 Å². The van der Waals surface area contributed by atoms with Crippen LogP contribution in [0.3, 0.4) is 0 Å². The van der Waals surface area contributed by atoms with Crippen LogP contribution in [-0.2, 0) is 19.5 Å². The number of benzene rings is 2. The van der Waals surface area contributed by atoms with E-state index in [4.69, 9.17) is 0 Å². The largest absolute Gasteiger partial charge is 0.508 e. The summed E-state index contributed by atoms with van der Waals surface area (Å²) in [5.74, 6) is 0.211. The predicted molar refractivity (Wildman–Crippen MR) is 180 cm³/mol. The molecule has 0 spiro atoms. The Kier molecular flexibility index (Phi) is 8.42. The Morgan fingerprint density at radius 3 is 2.62 bits per heavy atom. The molecule has 0 radical (unpaired) electrons. The first-order chi connectivity index (χ1) is 23.2. The first-order valence-corrected chi connectivity index (χ1v) is 16.4. The maximum Gasteiger partial charge on any atom is 0.337 e. The quantitative estimate of drug-likeness (QED) is 0.264. The van der Waals surface area contributed by atoms with Gasteiger partial charge in [0.15, 0.2) is 5.65 Å². The van der Waals surface area contributed by atoms with Crippen molar-refractivity contribution >= 4 is 16.9 Å². The standard InChI is InChI=1S/C36H38FN7O4/c1-41(2)20-29-27(9-6-10-31(29)45)22-7-5-8-26(17-22)43-33-28(18-23(37)19-38-33)35(47)44(36(43)48)25-14-12-24(13-15-25)39-34(46)30-21-42-16-4-3-11-32(42)40-30/h5-10,17-19,21,24-25,45H,3-4,11-16,20H2,1-2H3,(H,39,46). The Hall–Kier alpha value is -5.10. The first-order valence-electron chi connectivity index (χ1n) is 16.4. The summed E-state index contributed by atoms with van der Waals surface area (Å²) >= 11 is 0. The molecule has 5 aromatic rings.